The second-order valence-electron chi connectivity index (χ2n) is 7.88. The van der Waals surface area contributed by atoms with Gasteiger partial charge in [0.25, 0.3) is 5.56 Å². The molecule has 0 unspecified atom stereocenters. The van der Waals surface area contributed by atoms with Crippen LogP contribution in [0.3, 0.4) is 0 Å². The van der Waals surface area contributed by atoms with E-state index in [0.717, 1.165) is 35.3 Å². The monoisotopic (exact) mass is 475 g/mol. The summed E-state index contributed by atoms with van der Waals surface area (Å²) in [5, 5.41) is 4.03. The van der Waals surface area contributed by atoms with Crippen LogP contribution in [-0.2, 0) is 17.6 Å². The molecular weight excluding hydrogens is 454 g/mol. The third kappa shape index (κ3) is 4.24. The van der Waals surface area contributed by atoms with Gasteiger partial charge in [-0.2, -0.15) is 0 Å². The molecule has 5 rings (SSSR count). The van der Waals surface area contributed by atoms with Gasteiger partial charge in [-0.3, -0.25) is 19.0 Å². The number of aryl methyl sites for hydroxylation is 2. The number of para-hydroxylation sites is 1. The molecule has 1 amide bonds. The summed E-state index contributed by atoms with van der Waals surface area (Å²) in [6, 6.07) is 16.3. The summed E-state index contributed by atoms with van der Waals surface area (Å²) >= 11 is 2.82. The van der Waals surface area contributed by atoms with Crippen molar-refractivity contribution < 1.29 is 9.59 Å². The number of rotatable bonds is 6. The van der Waals surface area contributed by atoms with Crippen molar-refractivity contribution in [1.82, 2.24) is 9.55 Å². The Bertz CT molecular complexity index is 1440. The zero-order valence-electron chi connectivity index (χ0n) is 18.0. The van der Waals surface area contributed by atoms with Crippen LogP contribution in [0, 0.1) is 0 Å². The van der Waals surface area contributed by atoms with Crippen LogP contribution in [0.25, 0.3) is 15.9 Å². The van der Waals surface area contributed by atoms with Crippen molar-refractivity contribution in [3.05, 3.63) is 81.0 Å². The number of thiophene rings is 1. The summed E-state index contributed by atoms with van der Waals surface area (Å²) in [6.45, 7) is 1.49. The van der Waals surface area contributed by atoms with Crippen LogP contribution < -0.4 is 10.9 Å². The minimum Gasteiger partial charge on any atom is -0.325 e. The summed E-state index contributed by atoms with van der Waals surface area (Å²) in [5.41, 5.74) is 2.88. The van der Waals surface area contributed by atoms with Crippen LogP contribution in [0.1, 0.15) is 34.1 Å². The van der Waals surface area contributed by atoms with E-state index in [1.165, 1.54) is 23.6 Å². The molecule has 33 heavy (non-hydrogen) atoms. The van der Waals surface area contributed by atoms with E-state index in [2.05, 4.69) is 5.32 Å². The number of carbonyl (C=O) groups excluding carboxylic acids is 2. The normalized spacial score (nSPS) is 12.6. The maximum Gasteiger partial charge on any atom is 0.267 e. The predicted octanol–water partition coefficient (Wildman–Crippen LogP) is 4.87. The van der Waals surface area contributed by atoms with Crippen molar-refractivity contribution in [3.8, 4) is 5.69 Å². The number of aromatic nitrogens is 2. The highest BCUT2D eigenvalue weighted by Gasteiger charge is 2.24. The topological polar surface area (TPSA) is 81.1 Å². The number of hydrogen-bond donors (Lipinski definition) is 1. The fourth-order valence-electron chi connectivity index (χ4n) is 4.07. The van der Waals surface area contributed by atoms with Gasteiger partial charge in [0.15, 0.2) is 10.9 Å². The quantitative estimate of drug-likeness (QED) is 0.244. The highest BCUT2D eigenvalue weighted by molar-refractivity contribution is 7.99. The van der Waals surface area contributed by atoms with Gasteiger partial charge in [0.1, 0.15) is 4.83 Å². The zero-order chi connectivity index (χ0) is 22.9. The molecule has 6 nitrogen and oxygen atoms in total. The number of ketones is 1. The summed E-state index contributed by atoms with van der Waals surface area (Å²) < 4.78 is 1.61. The first-order valence-corrected chi connectivity index (χ1v) is 12.5. The van der Waals surface area contributed by atoms with Crippen molar-refractivity contribution in [3.63, 3.8) is 0 Å². The van der Waals surface area contributed by atoms with Crippen LogP contribution in [0.2, 0.25) is 0 Å². The van der Waals surface area contributed by atoms with Gasteiger partial charge < -0.3 is 5.32 Å². The second kappa shape index (κ2) is 8.96. The molecule has 2 aromatic heterocycles. The molecule has 0 saturated carbocycles. The molecule has 1 aliphatic rings. The molecule has 0 radical (unpaired) electrons. The standard InChI is InChI=1S/C25H21N3O3S2/c1-15(29)16-7-5-8-17(13-16)26-21(30)14-32-25-27-23-22(19-11-6-12-20(19)33-23)24(31)28(25)18-9-3-2-4-10-18/h2-5,7-10,13H,6,11-12,14H2,1H3,(H,26,30). The fraction of sp³-hybridized carbons (Fsp3) is 0.200. The third-order valence-electron chi connectivity index (χ3n) is 5.61. The number of thioether (sulfide) groups is 1. The van der Waals surface area contributed by atoms with E-state index in [1.807, 2.05) is 30.3 Å². The molecule has 1 N–H and O–H groups in total. The Morgan fingerprint density at radius 2 is 1.94 bits per heavy atom. The minimum absolute atomic E-state index is 0.0623. The van der Waals surface area contributed by atoms with Crippen LogP contribution >= 0.6 is 23.1 Å². The molecule has 4 aromatic rings. The number of anilines is 1. The van der Waals surface area contributed by atoms with Crippen LogP contribution in [0.5, 0.6) is 0 Å². The summed E-state index contributed by atoms with van der Waals surface area (Å²) in [5.74, 6) is -0.212. The van der Waals surface area contributed by atoms with Crippen LogP contribution in [0.15, 0.2) is 64.5 Å². The van der Waals surface area contributed by atoms with E-state index in [0.29, 0.717) is 21.8 Å². The SMILES string of the molecule is CC(=O)c1cccc(NC(=O)CSc2nc3sc4c(c3c(=O)n2-c2ccccc2)CCC4)c1. The van der Waals surface area contributed by atoms with Crippen molar-refractivity contribution in [2.24, 2.45) is 0 Å². The average molecular weight is 476 g/mol. The van der Waals surface area contributed by atoms with E-state index in [-0.39, 0.29) is 23.0 Å². The van der Waals surface area contributed by atoms with Gasteiger partial charge in [-0.1, -0.05) is 42.1 Å². The summed E-state index contributed by atoms with van der Waals surface area (Å²) in [6.07, 6.45) is 2.98. The number of carbonyl (C=O) groups is 2. The van der Waals surface area contributed by atoms with Gasteiger partial charge >= 0.3 is 0 Å². The fourth-order valence-corrected chi connectivity index (χ4v) is 6.18. The first-order chi connectivity index (χ1) is 16.0. The summed E-state index contributed by atoms with van der Waals surface area (Å²) in [4.78, 5) is 44.6. The number of benzene rings is 2. The van der Waals surface area contributed by atoms with Gasteiger partial charge in [-0.05, 0) is 56.0 Å². The number of hydrogen-bond acceptors (Lipinski definition) is 6. The third-order valence-corrected chi connectivity index (χ3v) is 7.73. The number of nitrogens with zero attached hydrogens (tertiary/aromatic N) is 2. The van der Waals surface area contributed by atoms with E-state index < -0.39 is 0 Å². The Kier molecular flexibility index (Phi) is 5.86. The van der Waals surface area contributed by atoms with Gasteiger partial charge in [0.05, 0.1) is 16.8 Å². The molecular formula is C25H21N3O3S2. The van der Waals surface area contributed by atoms with Crippen molar-refractivity contribution >= 4 is 50.7 Å². The number of nitrogens with one attached hydrogen (secondary N) is 1. The Labute approximate surface area is 198 Å². The Balaban J connectivity index is 1.46. The molecule has 1 aliphatic carbocycles. The molecule has 0 aliphatic heterocycles. The van der Waals surface area contributed by atoms with E-state index in [1.54, 1.807) is 40.2 Å². The van der Waals surface area contributed by atoms with E-state index in [9.17, 15) is 14.4 Å². The molecule has 0 fully saturated rings. The molecule has 0 saturated heterocycles. The molecule has 2 heterocycles. The first-order valence-electron chi connectivity index (χ1n) is 10.7. The number of Topliss-reactive ketones (excluding diaryl/α,β-unsaturated/α-hetero) is 1. The Hall–Kier alpha value is -3.23. The molecule has 0 bridgehead atoms. The zero-order valence-corrected chi connectivity index (χ0v) is 19.6. The lowest BCUT2D eigenvalue weighted by atomic mass is 10.1. The largest absolute Gasteiger partial charge is 0.325 e. The Morgan fingerprint density at radius 1 is 1.12 bits per heavy atom. The number of fused-ring (bicyclic) bond motifs is 3. The van der Waals surface area contributed by atoms with E-state index in [4.69, 9.17) is 4.98 Å². The highest BCUT2D eigenvalue weighted by atomic mass is 32.2. The Morgan fingerprint density at radius 3 is 2.73 bits per heavy atom. The molecule has 0 atom stereocenters. The molecule has 0 spiro atoms. The van der Waals surface area contributed by atoms with Gasteiger partial charge in [-0.15, -0.1) is 11.3 Å². The van der Waals surface area contributed by atoms with Crippen molar-refractivity contribution in [2.75, 3.05) is 11.1 Å². The van der Waals surface area contributed by atoms with Gasteiger partial charge in [-0.25, -0.2) is 4.98 Å². The number of amides is 1. The lowest BCUT2D eigenvalue weighted by Gasteiger charge is -2.12. The first kappa shape index (κ1) is 21.6. The maximum atomic E-state index is 13.6. The van der Waals surface area contributed by atoms with E-state index >= 15 is 0 Å². The van der Waals surface area contributed by atoms with Gasteiger partial charge in [0, 0.05) is 16.1 Å². The van der Waals surface area contributed by atoms with Crippen LogP contribution in [-0.4, -0.2) is 27.0 Å². The minimum atomic E-state index is -0.233. The second-order valence-corrected chi connectivity index (χ2v) is 9.91. The van der Waals surface area contributed by atoms with Crippen molar-refractivity contribution in [1.29, 1.82) is 0 Å². The van der Waals surface area contributed by atoms with Crippen molar-refractivity contribution in [2.45, 2.75) is 31.3 Å². The lowest BCUT2D eigenvalue weighted by molar-refractivity contribution is -0.113. The molecule has 8 heteroatoms. The summed E-state index contributed by atoms with van der Waals surface area (Å²) in [7, 11) is 0. The predicted molar refractivity (Wildman–Crippen MR) is 133 cm³/mol. The smallest absolute Gasteiger partial charge is 0.267 e. The maximum absolute atomic E-state index is 13.6. The molecule has 166 valence electrons. The van der Waals surface area contributed by atoms with Gasteiger partial charge in [0.2, 0.25) is 5.91 Å². The van der Waals surface area contributed by atoms with Crippen LogP contribution in [0.4, 0.5) is 5.69 Å². The molecule has 2 aromatic carbocycles. The highest BCUT2D eigenvalue weighted by Crippen LogP contribution is 2.36. The lowest BCUT2D eigenvalue weighted by Crippen LogP contribution is -2.23. The average Bonchev–Trinajstić information content (AvgIpc) is 3.39.